The number of H-pyrrole nitrogens is 1. The number of nitrogens with zero attached hydrogens (tertiary/aromatic N) is 2. The van der Waals surface area contributed by atoms with Crippen molar-refractivity contribution in [2.45, 2.75) is 12.8 Å². The van der Waals surface area contributed by atoms with Crippen LogP contribution in [0, 0.1) is 0 Å². The van der Waals surface area contributed by atoms with Gasteiger partial charge in [0, 0.05) is 13.0 Å². The van der Waals surface area contributed by atoms with E-state index in [1.165, 1.54) is 17.7 Å². The minimum Gasteiger partial charge on any atom is -0.352 e. The molecule has 0 aliphatic carbocycles. The summed E-state index contributed by atoms with van der Waals surface area (Å²) in [6.45, 7) is 0.611. The van der Waals surface area contributed by atoms with E-state index in [-0.39, 0.29) is 5.91 Å². The van der Waals surface area contributed by atoms with Crippen molar-refractivity contribution in [3.63, 3.8) is 0 Å². The summed E-state index contributed by atoms with van der Waals surface area (Å²) in [5, 5.41) is 9.42. The van der Waals surface area contributed by atoms with E-state index in [9.17, 15) is 4.79 Å². The van der Waals surface area contributed by atoms with Crippen molar-refractivity contribution in [1.82, 2.24) is 20.5 Å². The topological polar surface area (TPSA) is 70.7 Å². The number of hydrogen-bond donors (Lipinski definition) is 2. The molecule has 0 fully saturated rings. The number of nitrogens with one attached hydrogen (secondary N) is 2. The maximum Gasteiger partial charge on any atom is 0.253 e. The summed E-state index contributed by atoms with van der Waals surface area (Å²) in [6, 6.07) is 1.81. The van der Waals surface area contributed by atoms with Gasteiger partial charge in [-0.15, -0.1) is 11.3 Å². The van der Waals surface area contributed by atoms with Crippen molar-refractivity contribution >= 4 is 49.1 Å². The molecule has 5 nitrogen and oxygen atoms in total. The maximum atomic E-state index is 11.8. The Bertz CT molecular complexity index is 526. The van der Waals surface area contributed by atoms with Crippen molar-refractivity contribution in [3.8, 4) is 0 Å². The summed E-state index contributed by atoms with van der Waals surface area (Å²) in [7, 11) is 0. The Labute approximate surface area is 125 Å². The zero-order chi connectivity index (χ0) is 13.0. The second-order valence-electron chi connectivity index (χ2n) is 3.53. The monoisotopic (exact) mass is 392 g/mol. The number of rotatable bonds is 5. The van der Waals surface area contributed by atoms with Crippen LogP contribution in [0.4, 0.5) is 0 Å². The van der Waals surface area contributed by atoms with Crippen LogP contribution in [0.15, 0.2) is 20.0 Å². The highest BCUT2D eigenvalue weighted by molar-refractivity contribution is 9.12. The minimum absolute atomic E-state index is 0.0682. The van der Waals surface area contributed by atoms with Crippen LogP contribution in [0.2, 0.25) is 0 Å². The predicted octanol–water partition coefficient (Wildman–Crippen LogP) is 2.75. The fraction of sp³-hybridized carbons (Fsp3) is 0.300. The minimum atomic E-state index is -0.0682. The van der Waals surface area contributed by atoms with Gasteiger partial charge in [0.25, 0.3) is 5.91 Å². The molecule has 0 saturated heterocycles. The first kappa shape index (κ1) is 13.7. The van der Waals surface area contributed by atoms with Crippen LogP contribution >= 0.6 is 43.2 Å². The van der Waals surface area contributed by atoms with E-state index in [2.05, 4.69) is 52.4 Å². The van der Waals surface area contributed by atoms with Crippen LogP contribution in [0.5, 0.6) is 0 Å². The molecule has 0 bridgehead atoms. The van der Waals surface area contributed by atoms with E-state index < -0.39 is 0 Å². The van der Waals surface area contributed by atoms with E-state index >= 15 is 0 Å². The lowest BCUT2D eigenvalue weighted by Gasteiger charge is -2.03. The Morgan fingerprint density at radius 1 is 1.50 bits per heavy atom. The zero-order valence-electron chi connectivity index (χ0n) is 9.24. The van der Waals surface area contributed by atoms with E-state index in [1.54, 1.807) is 6.07 Å². The second-order valence-corrected chi connectivity index (χ2v) is 7.28. The highest BCUT2D eigenvalue weighted by atomic mass is 79.9. The van der Waals surface area contributed by atoms with Crippen LogP contribution in [0.3, 0.4) is 0 Å². The Balaban J connectivity index is 1.77. The molecule has 96 valence electrons. The molecule has 2 aromatic rings. The summed E-state index contributed by atoms with van der Waals surface area (Å²) in [5.41, 5.74) is 0.659. The molecular formula is C10H10Br2N4OS. The Morgan fingerprint density at radius 2 is 2.33 bits per heavy atom. The van der Waals surface area contributed by atoms with Crippen LogP contribution in [0.25, 0.3) is 0 Å². The van der Waals surface area contributed by atoms with Crippen LogP contribution < -0.4 is 5.32 Å². The molecule has 0 saturated carbocycles. The van der Waals surface area contributed by atoms with Gasteiger partial charge in [0.05, 0.1) is 13.1 Å². The average Bonchev–Trinajstić information content (AvgIpc) is 2.94. The molecule has 0 unspecified atom stereocenters. The lowest BCUT2D eigenvalue weighted by Crippen LogP contribution is -2.24. The molecule has 2 N–H and O–H groups in total. The van der Waals surface area contributed by atoms with Gasteiger partial charge < -0.3 is 5.32 Å². The molecular weight excluding hydrogens is 384 g/mol. The SMILES string of the molecule is O=C(NCCCc1ncn[nH]1)c1cc(Br)sc1Br. The van der Waals surface area contributed by atoms with Crippen molar-refractivity contribution in [1.29, 1.82) is 0 Å². The zero-order valence-corrected chi connectivity index (χ0v) is 13.2. The Hall–Kier alpha value is -0.730. The number of aromatic amines is 1. The van der Waals surface area contributed by atoms with Gasteiger partial charge in [-0.2, -0.15) is 5.10 Å². The molecule has 2 heterocycles. The number of halogens is 2. The van der Waals surface area contributed by atoms with Gasteiger partial charge in [-0.05, 0) is 44.3 Å². The largest absolute Gasteiger partial charge is 0.352 e. The number of carbonyl (C=O) groups is 1. The quantitative estimate of drug-likeness (QED) is 0.767. The summed E-state index contributed by atoms with van der Waals surface area (Å²) >= 11 is 8.20. The fourth-order valence-corrected chi connectivity index (χ4v) is 4.19. The third-order valence-corrected chi connectivity index (χ3v) is 4.58. The maximum absolute atomic E-state index is 11.8. The fourth-order valence-electron chi connectivity index (χ4n) is 1.40. The first-order valence-corrected chi connectivity index (χ1v) is 7.64. The number of aromatic nitrogens is 3. The summed E-state index contributed by atoms with van der Waals surface area (Å²) < 4.78 is 1.77. The van der Waals surface area contributed by atoms with Crippen molar-refractivity contribution in [2.24, 2.45) is 0 Å². The number of carbonyl (C=O) groups excluding carboxylic acids is 1. The normalized spacial score (nSPS) is 10.6. The molecule has 0 spiro atoms. The smallest absolute Gasteiger partial charge is 0.253 e. The molecule has 0 aliphatic heterocycles. The van der Waals surface area contributed by atoms with E-state index in [0.717, 1.165) is 26.2 Å². The van der Waals surface area contributed by atoms with Gasteiger partial charge in [0.1, 0.15) is 12.2 Å². The molecule has 1 amide bonds. The third kappa shape index (κ3) is 3.63. The number of hydrogen-bond acceptors (Lipinski definition) is 4. The standard InChI is InChI=1S/C10H10Br2N4OS/c11-7-4-6(9(12)18-7)10(17)13-3-1-2-8-14-5-15-16-8/h4-5H,1-3H2,(H,13,17)(H,14,15,16). The summed E-state index contributed by atoms with van der Waals surface area (Å²) in [4.78, 5) is 15.9. The highest BCUT2D eigenvalue weighted by Gasteiger charge is 2.12. The molecule has 0 aliphatic rings. The molecule has 2 aromatic heterocycles. The van der Waals surface area contributed by atoms with Crippen molar-refractivity contribution < 1.29 is 4.79 Å². The van der Waals surface area contributed by atoms with Gasteiger partial charge in [0.2, 0.25) is 0 Å². The highest BCUT2D eigenvalue weighted by Crippen LogP contribution is 2.31. The van der Waals surface area contributed by atoms with E-state index in [1.807, 2.05) is 0 Å². The van der Waals surface area contributed by atoms with Gasteiger partial charge in [-0.1, -0.05) is 0 Å². The lowest BCUT2D eigenvalue weighted by atomic mass is 10.3. The van der Waals surface area contributed by atoms with E-state index in [4.69, 9.17) is 0 Å². The first-order chi connectivity index (χ1) is 8.66. The Kier molecular flexibility index (Phi) is 4.90. The molecule has 0 radical (unpaired) electrons. The van der Waals surface area contributed by atoms with Crippen LogP contribution in [-0.4, -0.2) is 27.6 Å². The number of thiophene rings is 1. The number of aryl methyl sites for hydroxylation is 1. The van der Waals surface area contributed by atoms with Gasteiger partial charge >= 0.3 is 0 Å². The summed E-state index contributed by atoms with van der Waals surface area (Å²) in [6.07, 6.45) is 3.08. The van der Waals surface area contributed by atoms with Crippen molar-refractivity contribution in [3.05, 3.63) is 31.4 Å². The van der Waals surface area contributed by atoms with Crippen molar-refractivity contribution in [2.75, 3.05) is 6.54 Å². The molecule has 0 atom stereocenters. The Morgan fingerprint density at radius 3 is 2.94 bits per heavy atom. The molecule has 0 aromatic carbocycles. The molecule has 18 heavy (non-hydrogen) atoms. The van der Waals surface area contributed by atoms with Gasteiger partial charge in [-0.25, -0.2) is 4.98 Å². The summed E-state index contributed by atoms with van der Waals surface area (Å²) in [5.74, 6) is 0.769. The van der Waals surface area contributed by atoms with Gasteiger partial charge in [-0.3, -0.25) is 9.89 Å². The van der Waals surface area contributed by atoms with E-state index in [0.29, 0.717) is 12.1 Å². The second kappa shape index (κ2) is 6.44. The average molecular weight is 394 g/mol. The first-order valence-electron chi connectivity index (χ1n) is 5.24. The lowest BCUT2D eigenvalue weighted by molar-refractivity contribution is 0.0953. The van der Waals surface area contributed by atoms with Gasteiger partial charge in [0.15, 0.2) is 0 Å². The molecule has 8 heteroatoms. The molecule has 2 rings (SSSR count). The number of amides is 1. The van der Waals surface area contributed by atoms with Crippen LogP contribution in [0.1, 0.15) is 22.6 Å². The third-order valence-electron chi connectivity index (χ3n) is 2.24. The predicted molar refractivity (Wildman–Crippen MR) is 76.8 cm³/mol. The van der Waals surface area contributed by atoms with Crippen LogP contribution in [-0.2, 0) is 6.42 Å².